The number of fused-ring (bicyclic) bond motifs is 1. The molecule has 0 aliphatic carbocycles. The minimum atomic E-state index is -0.890. The lowest BCUT2D eigenvalue weighted by Gasteiger charge is -2.26. The Morgan fingerprint density at radius 3 is 2.39 bits per heavy atom. The van der Waals surface area contributed by atoms with E-state index in [-0.39, 0.29) is 11.7 Å². The van der Waals surface area contributed by atoms with E-state index < -0.39 is 17.1 Å². The monoisotopic (exact) mass is 317 g/mol. The molecule has 1 aromatic carbocycles. The molecule has 2 amide bonds. The third-order valence-corrected chi connectivity index (χ3v) is 3.97. The van der Waals surface area contributed by atoms with Gasteiger partial charge in [0.05, 0.1) is 11.1 Å². The van der Waals surface area contributed by atoms with Gasteiger partial charge in [-0.05, 0) is 52.7 Å². The highest BCUT2D eigenvalue weighted by Crippen LogP contribution is 2.44. The molecule has 0 N–H and O–H groups in total. The van der Waals surface area contributed by atoms with E-state index in [1.54, 1.807) is 39.8 Å². The van der Waals surface area contributed by atoms with Crippen LogP contribution in [-0.2, 0) is 19.7 Å². The molecule has 23 heavy (non-hydrogen) atoms. The predicted octanol–water partition coefficient (Wildman–Crippen LogP) is 3.60. The third-order valence-electron chi connectivity index (χ3n) is 3.97. The molecule has 0 radical (unpaired) electrons. The highest BCUT2D eigenvalue weighted by atomic mass is 16.6. The quantitative estimate of drug-likeness (QED) is 0.854. The normalized spacial score (nSPS) is 20.4. The second-order valence-electron chi connectivity index (χ2n) is 7.17. The summed E-state index contributed by atoms with van der Waals surface area (Å²) in [7, 11) is 0. The number of anilines is 1. The van der Waals surface area contributed by atoms with Gasteiger partial charge in [-0.2, -0.15) is 0 Å². The van der Waals surface area contributed by atoms with Crippen LogP contribution in [0, 0.1) is 0 Å². The van der Waals surface area contributed by atoms with Crippen LogP contribution in [0.5, 0.6) is 0 Å². The third kappa shape index (κ3) is 3.28. The minimum Gasteiger partial charge on any atom is -0.443 e. The van der Waals surface area contributed by atoms with Crippen LogP contribution in [0.25, 0.3) is 0 Å². The molecule has 124 valence electrons. The van der Waals surface area contributed by atoms with E-state index >= 15 is 0 Å². The number of ether oxygens (including phenoxy) is 1. The number of ketones is 1. The van der Waals surface area contributed by atoms with E-state index in [4.69, 9.17) is 4.74 Å². The molecule has 5 nitrogen and oxygen atoms in total. The summed E-state index contributed by atoms with van der Waals surface area (Å²) >= 11 is 0. The van der Waals surface area contributed by atoms with Crippen molar-refractivity contribution in [1.29, 1.82) is 0 Å². The molecule has 1 atom stereocenters. The molecule has 5 heteroatoms. The summed E-state index contributed by atoms with van der Waals surface area (Å²) in [6, 6.07) is 7.17. The van der Waals surface area contributed by atoms with Crippen LogP contribution in [0.3, 0.4) is 0 Å². The summed E-state index contributed by atoms with van der Waals surface area (Å²) in [5, 5.41) is 0. The first-order valence-corrected chi connectivity index (χ1v) is 7.73. The zero-order chi connectivity index (χ0) is 17.4. The van der Waals surface area contributed by atoms with Crippen molar-refractivity contribution in [1.82, 2.24) is 0 Å². The van der Waals surface area contributed by atoms with Gasteiger partial charge in [-0.25, -0.2) is 9.69 Å². The molecule has 2 rings (SSSR count). The van der Waals surface area contributed by atoms with Crippen molar-refractivity contribution in [2.45, 2.75) is 58.5 Å². The Hall–Kier alpha value is -2.17. The minimum absolute atomic E-state index is 0.0206. The predicted molar refractivity (Wildman–Crippen MR) is 87.4 cm³/mol. The van der Waals surface area contributed by atoms with Crippen LogP contribution in [0.1, 0.15) is 53.0 Å². The molecular weight excluding hydrogens is 294 g/mol. The molecule has 0 saturated heterocycles. The van der Waals surface area contributed by atoms with Gasteiger partial charge in [0.25, 0.3) is 0 Å². The van der Waals surface area contributed by atoms with E-state index in [0.717, 1.165) is 10.5 Å². The van der Waals surface area contributed by atoms with E-state index in [9.17, 15) is 14.4 Å². The Kier molecular flexibility index (Phi) is 4.33. The average molecular weight is 317 g/mol. The second-order valence-corrected chi connectivity index (χ2v) is 7.17. The molecule has 1 aromatic rings. The zero-order valence-electron chi connectivity index (χ0n) is 14.3. The van der Waals surface area contributed by atoms with Gasteiger partial charge < -0.3 is 9.53 Å². The lowest BCUT2D eigenvalue weighted by atomic mass is 9.79. The maximum Gasteiger partial charge on any atom is 0.421 e. The summed E-state index contributed by atoms with van der Waals surface area (Å²) < 4.78 is 5.37. The molecule has 0 aromatic heterocycles. The largest absolute Gasteiger partial charge is 0.443 e. The zero-order valence-corrected chi connectivity index (χ0v) is 14.3. The summed E-state index contributed by atoms with van der Waals surface area (Å²) in [6.45, 7) is 8.55. The molecule has 0 bridgehead atoms. The Labute approximate surface area is 136 Å². The van der Waals surface area contributed by atoms with Crippen molar-refractivity contribution < 1.29 is 19.1 Å². The van der Waals surface area contributed by atoms with Gasteiger partial charge in [0.1, 0.15) is 11.4 Å². The standard InChI is InChI=1S/C18H23NO4/c1-12(20)10-11-18(5)13-8-6-7-9-14(13)19(15(18)21)16(22)23-17(2,3)4/h6-9H,10-11H2,1-5H3. The first-order valence-electron chi connectivity index (χ1n) is 7.73. The fraction of sp³-hybridized carbons (Fsp3) is 0.500. The van der Waals surface area contributed by atoms with Gasteiger partial charge >= 0.3 is 6.09 Å². The topological polar surface area (TPSA) is 63.7 Å². The second kappa shape index (κ2) is 5.80. The van der Waals surface area contributed by atoms with Gasteiger partial charge in [-0.3, -0.25) is 4.79 Å². The highest BCUT2D eigenvalue weighted by Gasteiger charge is 2.50. The van der Waals surface area contributed by atoms with E-state index in [1.165, 1.54) is 6.92 Å². The van der Waals surface area contributed by atoms with Gasteiger partial charge in [-0.15, -0.1) is 0 Å². The van der Waals surface area contributed by atoms with Crippen LogP contribution >= 0.6 is 0 Å². The molecular formula is C18H23NO4. The number of amides is 2. The first kappa shape index (κ1) is 17.2. The maximum atomic E-state index is 12.9. The lowest BCUT2D eigenvalue weighted by molar-refractivity contribution is -0.123. The maximum absolute atomic E-state index is 12.9. The Morgan fingerprint density at radius 2 is 1.83 bits per heavy atom. The molecule has 1 unspecified atom stereocenters. The van der Waals surface area contributed by atoms with Crippen molar-refractivity contribution in [2.75, 3.05) is 4.90 Å². The number of carbonyl (C=O) groups excluding carboxylic acids is 3. The number of Topliss-reactive ketones (excluding diaryl/α,β-unsaturated/α-hetero) is 1. The average Bonchev–Trinajstić information content (AvgIpc) is 2.65. The number of hydrogen-bond donors (Lipinski definition) is 0. The van der Waals surface area contributed by atoms with Gasteiger partial charge in [-0.1, -0.05) is 18.2 Å². The summed E-state index contributed by atoms with van der Waals surface area (Å²) in [5.74, 6) is -0.318. The fourth-order valence-corrected chi connectivity index (χ4v) is 2.76. The van der Waals surface area contributed by atoms with Crippen molar-refractivity contribution in [3.63, 3.8) is 0 Å². The van der Waals surface area contributed by atoms with Crippen LogP contribution in [0.15, 0.2) is 24.3 Å². The van der Waals surface area contributed by atoms with Gasteiger partial charge in [0, 0.05) is 6.42 Å². The summed E-state index contributed by atoms with van der Waals surface area (Å²) in [6.07, 6.45) is -0.0163. The molecule has 1 aliphatic heterocycles. The molecule has 0 saturated carbocycles. The number of carbonyl (C=O) groups is 3. The van der Waals surface area contributed by atoms with Crippen LogP contribution in [0.4, 0.5) is 10.5 Å². The molecule has 1 heterocycles. The van der Waals surface area contributed by atoms with Crippen molar-refractivity contribution in [3.8, 4) is 0 Å². The van der Waals surface area contributed by atoms with E-state index in [1.807, 2.05) is 12.1 Å². The lowest BCUT2D eigenvalue weighted by Crippen LogP contribution is -2.44. The van der Waals surface area contributed by atoms with Crippen LogP contribution in [-0.4, -0.2) is 23.4 Å². The molecule has 1 aliphatic rings. The van der Waals surface area contributed by atoms with Crippen molar-refractivity contribution >= 4 is 23.5 Å². The number of para-hydroxylation sites is 1. The Balaban J connectivity index is 2.42. The number of benzene rings is 1. The number of rotatable bonds is 3. The van der Waals surface area contributed by atoms with Crippen LogP contribution in [0.2, 0.25) is 0 Å². The Morgan fingerprint density at radius 1 is 1.22 bits per heavy atom. The fourth-order valence-electron chi connectivity index (χ4n) is 2.76. The number of nitrogens with zero attached hydrogens (tertiary/aromatic N) is 1. The Bertz CT molecular complexity index is 659. The smallest absolute Gasteiger partial charge is 0.421 e. The first-order chi connectivity index (χ1) is 10.6. The molecule has 0 spiro atoms. The van der Waals surface area contributed by atoms with E-state index in [2.05, 4.69) is 0 Å². The van der Waals surface area contributed by atoms with Gasteiger partial charge in [0.15, 0.2) is 0 Å². The van der Waals surface area contributed by atoms with Gasteiger partial charge in [0.2, 0.25) is 5.91 Å². The number of hydrogen-bond acceptors (Lipinski definition) is 4. The highest BCUT2D eigenvalue weighted by molar-refractivity contribution is 6.21. The summed E-state index contributed by atoms with van der Waals surface area (Å²) in [4.78, 5) is 37.9. The van der Waals surface area contributed by atoms with Crippen molar-refractivity contribution in [3.05, 3.63) is 29.8 Å². The van der Waals surface area contributed by atoms with E-state index in [0.29, 0.717) is 18.5 Å². The summed E-state index contributed by atoms with van der Waals surface area (Å²) in [5.41, 5.74) is -0.279. The molecule has 0 fully saturated rings. The number of imide groups is 1. The SMILES string of the molecule is CC(=O)CCC1(C)C(=O)N(C(=O)OC(C)(C)C)c2ccccc21. The van der Waals surface area contributed by atoms with Crippen molar-refractivity contribution in [2.24, 2.45) is 0 Å². The van der Waals surface area contributed by atoms with Crippen LogP contribution < -0.4 is 4.90 Å².